The molecule has 0 spiro atoms. The summed E-state index contributed by atoms with van der Waals surface area (Å²) in [6.07, 6.45) is 2.29. The fourth-order valence-corrected chi connectivity index (χ4v) is 4.86. The van der Waals surface area contributed by atoms with Crippen LogP contribution in [0.5, 0.6) is 0 Å². The third-order valence-electron chi connectivity index (χ3n) is 5.87. The summed E-state index contributed by atoms with van der Waals surface area (Å²) in [5.74, 6) is 1.20. The lowest BCUT2D eigenvalue weighted by molar-refractivity contribution is -0.135. The highest BCUT2D eigenvalue weighted by Crippen LogP contribution is 2.23. The van der Waals surface area contributed by atoms with E-state index in [1.165, 1.54) is 0 Å². The predicted octanol–water partition coefficient (Wildman–Crippen LogP) is 2.14. The molecular formula is C21H36N6OS. The van der Waals surface area contributed by atoms with E-state index in [4.69, 9.17) is 4.98 Å². The molecule has 3 heterocycles. The lowest BCUT2D eigenvalue weighted by Crippen LogP contribution is -2.57. The van der Waals surface area contributed by atoms with Crippen molar-refractivity contribution in [2.45, 2.75) is 58.5 Å². The molecule has 1 amide bonds. The predicted molar refractivity (Wildman–Crippen MR) is 119 cm³/mol. The van der Waals surface area contributed by atoms with E-state index in [0.717, 1.165) is 68.8 Å². The van der Waals surface area contributed by atoms with Crippen molar-refractivity contribution in [1.82, 2.24) is 25.0 Å². The first-order valence-corrected chi connectivity index (χ1v) is 11.6. The second-order valence-corrected chi connectivity index (χ2v) is 9.95. The van der Waals surface area contributed by atoms with Gasteiger partial charge in [-0.05, 0) is 19.8 Å². The molecule has 1 aromatic rings. The number of nitrogens with one attached hydrogen (secondary N) is 1. The molecule has 2 aliphatic heterocycles. The van der Waals surface area contributed by atoms with E-state index in [0.29, 0.717) is 6.54 Å². The molecule has 3 rings (SSSR count). The van der Waals surface area contributed by atoms with Crippen LogP contribution in [0.15, 0.2) is 10.4 Å². The average Bonchev–Trinajstić information content (AvgIpc) is 3.39. The van der Waals surface area contributed by atoms with Gasteiger partial charge in [-0.2, -0.15) is 0 Å². The Morgan fingerprint density at radius 1 is 1.17 bits per heavy atom. The Labute approximate surface area is 179 Å². The number of amides is 1. The number of carbonyl (C=O) groups is 1. The molecule has 2 fully saturated rings. The van der Waals surface area contributed by atoms with Crippen LogP contribution >= 0.6 is 11.3 Å². The fourth-order valence-electron chi connectivity index (χ4n) is 3.90. The lowest BCUT2D eigenvalue weighted by Gasteiger charge is -2.39. The molecule has 1 N–H and O–H groups in total. The van der Waals surface area contributed by atoms with Crippen LogP contribution in [0.2, 0.25) is 0 Å². The number of aliphatic imine (C=N–C) groups is 1. The van der Waals surface area contributed by atoms with E-state index in [1.807, 2.05) is 11.9 Å². The summed E-state index contributed by atoms with van der Waals surface area (Å²) < 4.78 is 0. The summed E-state index contributed by atoms with van der Waals surface area (Å²) in [6.45, 7) is 14.7. The van der Waals surface area contributed by atoms with Gasteiger partial charge in [0.15, 0.2) is 5.96 Å². The summed E-state index contributed by atoms with van der Waals surface area (Å²) in [6, 6.07) is -0.0311. The molecule has 29 heavy (non-hydrogen) atoms. The highest BCUT2D eigenvalue weighted by molar-refractivity contribution is 7.09. The summed E-state index contributed by atoms with van der Waals surface area (Å²) in [5, 5.41) is 6.69. The lowest BCUT2D eigenvalue weighted by atomic mass is 9.93. The van der Waals surface area contributed by atoms with Crippen LogP contribution in [0, 0.1) is 0 Å². The van der Waals surface area contributed by atoms with Gasteiger partial charge in [0.1, 0.15) is 5.01 Å². The standard InChI is InChI=1S/C21H36N6OS/c1-16(19(28)26-8-6-7-9-26)25-10-12-27(13-11-25)20(22-5)23-14-18-24-17(15-29-18)21(2,3)4/h15-16H,6-14H2,1-5H3,(H,22,23). The molecule has 0 bridgehead atoms. The number of aromatic nitrogens is 1. The van der Waals surface area contributed by atoms with E-state index in [9.17, 15) is 4.79 Å². The Morgan fingerprint density at radius 3 is 2.38 bits per heavy atom. The van der Waals surface area contributed by atoms with Gasteiger partial charge in [-0.3, -0.25) is 14.7 Å². The van der Waals surface area contributed by atoms with Gasteiger partial charge in [0.05, 0.1) is 18.3 Å². The first-order valence-electron chi connectivity index (χ1n) is 10.7. The zero-order valence-corrected chi connectivity index (χ0v) is 19.4. The number of rotatable bonds is 4. The summed E-state index contributed by atoms with van der Waals surface area (Å²) >= 11 is 1.70. The van der Waals surface area contributed by atoms with E-state index in [-0.39, 0.29) is 17.4 Å². The van der Waals surface area contributed by atoms with Crippen LogP contribution in [0.1, 0.15) is 51.2 Å². The monoisotopic (exact) mass is 420 g/mol. The normalized spacial score (nSPS) is 20.2. The Morgan fingerprint density at radius 2 is 1.83 bits per heavy atom. The maximum absolute atomic E-state index is 12.7. The van der Waals surface area contributed by atoms with Gasteiger partial charge < -0.3 is 15.1 Å². The molecule has 162 valence electrons. The Kier molecular flexibility index (Phi) is 7.16. The van der Waals surface area contributed by atoms with Crippen molar-refractivity contribution in [2.75, 3.05) is 46.3 Å². The number of thiazole rings is 1. The largest absolute Gasteiger partial charge is 0.350 e. The van der Waals surface area contributed by atoms with Crippen LogP contribution in [0.3, 0.4) is 0 Å². The Bertz CT molecular complexity index is 711. The maximum Gasteiger partial charge on any atom is 0.239 e. The van der Waals surface area contributed by atoms with Crippen molar-refractivity contribution in [3.8, 4) is 0 Å². The number of hydrogen-bond acceptors (Lipinski definition) is 5. The molecule has 1 atom stereocenters. The smallest absolute Gasteiger partial charge is 0.239 e. The zero-order chi connectivity index (χ0) is 21.0. The SMILES string of the molecule is CN=C(NCc1nc(C(C)(C)C)cs1)N1CCN(C(C)C(=O)N2CCCC2)CC1. The van der Waals surface area contributed by atoms with Crippen molar-refractivity contribution in [3.63, 3.8) is 0 Å². The van der Waals surface area contributed by atoms with Crippen molar-refractivity contribution >= 4 is 23.2 Å². The molecule has 2 saturated heterocycles. The molecule has 0 aromatic carbocycles. The maximum atomic E-state index is 12.7. The summed E-state index contributed by atoms with van der Waals surface area (Å²) in [7, 11) is 1.83. The topological polar surface area (TPSA) is 64.1 Å². The zero-order valence-electron chi connectivity index (χ0n) is 18.6. The number of likely N-dealkylation sites (tertiary alicyclic amines) is 1. The minimum atomic E-state index is -0.0311. The molecule has 7 nitrogen and oxygen atoms in total. The summed E-state index contributed by atoms with van der Waals surface area (Å²) in [4.78, 5) is 28.5. The minimum Gasteiger partial charge on any atom is -0.350 e. The van der Waals surface area contributed by atoms with Crippen LogP contribution in [-0.2, 0) is 16.8 Å². The highest BCUT2D eigenvalue weighted by atomic mass is 32.1. The van der Waals surface area contributed by atoms with Crippen LogP contribution < -0.4 is 5.32 Å². The molecule has 0 aliphatic carbocycles. The third kappa shape index (κ3) is 5.48. The first kappa shape index (κ1) is 22.0. The van der Waals surface area contributed by atoms with Gasteiger partial charge in [0.25, 0.3) is 0 Å². The third-order valence-corrected chi connectivity index (χ3v) is 6.72. The van der Waals surface area contributed by atoms with Gasteiger partial charge in [-0.15, -0.1) is 11.3 Å². The van der Waals surface area contributed by atoms with Crippen molar-refractivity contribution in [3.05, 3.63) is 16.1 Å². The number of nitrogens with zero attached hydrogens (tertiary/aromatic N) is 5. The number of piperazine rings is 1. The highest BCUT2D eigenvalue weighted by Gasteiger charge is 2.30. The van der Waals surface area contributed by atoms with Crippen LogP contribution in [-0.4, -0.2) is 83.9 Å². The van der Waals surface area contributed by atoms with Gasteiger partial charge in [0, 0.05) is 57.1 Å². The molecule has 1 aromatic heterocycles. The number of guanidine groups is 1. The quantitative estimate of drug-likeness (QED) is 0.597. The van der Waals surface area contributed by atoms with E-state index in [2.05, 4.69) is 53.2 Å². The average molecular weight is 421 g/mol. The minimum absolute atomic E-state index is 0.0311. The van der Waals surface area contributed by atoms with E-state index < -0.39 is 0 Å². The molecule has 1 unspecified atom stereocenters. The second-order valence-electron chi connectivity index (χ2n) is 9.01. The fraction of sp³-hybridized carbons (Fsp3) is 0.762. The van der Waals surface area contributed by atoms with Gasteiger partial charge in [-0.25, -0.2) is 4.98 Å². The van der Waals surface area contributed by atoms with Crippen molar-refractivity contribution in [2.24, 2.45) is 4.99 Å². The molecule has 2 aliphatic rings. The Balaban J connectivity index is 1.48. The van der Waals surface area contributed by atoms with E-state index >= 15 is 0 Å². The van der Waals surface area contributed by atoms with Gasteiger partial charge >= 0.3 is 0 Å². The Hall–Kier alpha value is -1.67. The molecule has 0 radical (unpaired) electrons. The first-order chi connectivity index (χ1) is 13.8. The number of hydrogen-bond donors (Lipinski definition) is 1. The molecule has 0 saturated carbocycles. The summed E-state index contributed by atoms with van der Waals surface area (Å²) in [5.41, 5.74) is 1.22. The van der Waals surface area contributed by atoms with Crippen molar-refractivity contribution in [1.29, 1.82) is 0 Å². The molecular weight excluding hydrogens is 384 g/mol. The van der Waals surface area contributed by atoms with Crippen LogP contribution in [0.4, 0.5) is 0 Å². The number of carbonyl (C=O) groups excluding carboxylic acids is 1. The van der Waals surface area contributed by atoms with Gasteiger partial charge in [-0.1, -0.05) is 20.8 Å². The van der Waals surface area contributed by atoms with Gasteiger partial charge in [0.2, 0.25) is 5.91 Å². The van der Waals surface area contributed by atoms with Crippen LogP contribution in [0.25, 0.3) is 0 Å². The van der Waals surface area contributed by atoms with E-state index in [1.54, 1.807) is 11.3 Å². The second kappa shape index (κ2) is 9.43. The van der Waals surface area contributed by atoms with Crippen molar-refractivity contribution < 1.29 is 4.79 Å². The molecule has 8 heteroatoms.